The summed E-state index contributed by atoms with van der Waals surface area (Å²) in [6.07, 6.45) is 0.0692. The fourth-order valence-corrected chi connectivity index (χ4v) is 2.60. The minimum absolute atomic E-state index is 0.0723. The van der Waals surface area contributed by atoms with Gasteiger partial charge < -0.3 is 24.3 Å². The fraction of sp³-hybridized carbons (Fsp3) is 0.409. The molecule has 0 radical (unpaired) electrons. The van der Waals surface area contributed by atoms with Gasteiger partial charge in [-0.2, -0.15) is 0 Å². The zero-order chi connectivity index (χ0) is 20.4. The van der Waals surface area contributed by atoms with Gasteiger partial charge in [0.2, 0.25) is 0 Å². The summed E-state index contributed by atoms with van der Waals surface area (Å²) in [6, 6.07) is 15.1. The van der Waals surface area contributed by atoms with Gasteiger partial charge in [-0.15, -0.1) is 0 Å². The summed E-state index contributed by atoms with van der Waals surface area (Å²) < 4.78 is 22.0. The first kappa shape index (κ1) is 21.6. The van der Waals surface area contributed by atoms with Gasteiger partial charge in [0.25, 0.3) is 5.91 Å². The molecular formula is C22H29NO5. The van der Waals surface area contributed by atoms with Gasteiger partial charge in [-0.25, -0.2) is 0 Å². The van der Waals surface area contributed by atoms with Crippen LogP contribution in [0.25, 0.3) is 0 Å². The quantitative estimate of drug-likeness (QED) is 0.641. The van der Waals surface area contributed by atoms with E-state index in [0.29, 0.717) is 30.2 Å². The van der Waals surface area contributed by atoms with Crippen LogP contribution in [0.5, 0.6) is 17.2 Å². The SMILES string of the molecule is COc1cc(CCNC(=O)[C@@H](COc2ccccc2)OC)ccc1OC(C)C. The van der Waals surface area contributed by atoms with Crippen molar-refractivity contribution in [1.29, 1.82) is 0 Å². The Balaban J connectivity index is 1.83. The van der Waals surface area contributed by atoms with Crippen molar-refractivity contribution in [2.45, 2.75) is 32.5 Å². The molecule has 0 aliphatic heterocycles. The smallest absolute Gasteiger partial charge is 0.252 e. The van der Waals surface area contributed by atoms with Crippen LogP contribution in [-0.4, -0.2) is 45.5 Å². The van der Waals surface area contributed by atoms with Crippen molar-refractivity contribution in [3.63, 3.8) is 0 Å². The minimum Gasteiger partial charge on any atom is -0.493 e. The summed E-state index contributed by atoms with van der Waals surface area (Å²) in [7, 11) is 3.11. The van der Waals surface area contributed by atoms with E-state index >= 15 is 0 Å². The minimum atomic E-state index is -0.670. The molecule has 0 unspecified atom stereocenters. The lowest BCUT2D eigenvalue weighted by Crippen LogP contribution is -2.40. The summed E-state index contributed by atoms with van der Waals surface area (Å²) in [5.74, 6) is 1.89. The van der Waals surface area contributed by atoms with Crippen molar-refractivity contribution in [2.75, 3.05) is 27.4 Å². The summed E-state index contributed by atoms with van der Waals surface area (Å²) in [5, 5.41) is 2.89. The van der Waals surface area contributed by atoms with E-state index < -0.39 is 6.10 Å². The highest BCUT2D eigenvalue weighted by molar-refractivity contribution is 5.80. The van der Waals surface area contributed by atoms with E-state index in [9.17, 15) is 4.79 Å². The summed E-state index contributed by atoms with van der Waals surface area (Å²) in [6.45, 7) is 4.58. The van der Waals surface area contributed by atoms with Gasteiger partial charge in [-0.1, -0.05) is 24.3 Å². The molecule has 0 saturated carbocycles. The molecule has 6 nitrogen and oxygen atoms in total. The predicted octanol–water partition coefficient (Wildman–Crippen LogP) is 3.24. The molecule has 0 heterocycles. The molecule has 0 aromatic heterocycles. The fourth-order valence-electron chi connectivity index (χ4n) is 2.60. The Morgan fingerprint density at radius 2 is 1.79 bits per heavy atom. The third-order valence-corrected chi connectivity index (χ3v) is 4.03. The van der Waals surface area contributed by atoms with Crippen LogP contribution in [0.3, 0.4) is 0 Å². The number of ether oxygens (including phenoxy) is 4. The number of carbonyl (C=O) groups excluding carboxylic acids is 1. The lowest BCUT2D eigenvalue weighted by Gasteiger charge is -2.17. The topological polar surface area (TPSA) is 66.0 Å². The number of rotatable bonds is 11. The number of carbonyl (C=O) groups is 1. The number of hydrogen-bond acceptors (Lipinski definition) is 5. The summed E-state index contributed by atoms with van der Waals surface area (Å²) in [4.78, 5) is 12.3. The molecule has 2 rings (SSSR count). The second-order valence-corrected chi connectivity index (χ2v) is 6.54. The Hall–Kier alpha value is -2.73. The molecule has 28 heavy (non-hydrogen) atoms. The maximum Gasteiger partial charge on any atom is 0.252 e. The van der Waals surface area contributed by atoms with E-state index in [4.69, 9.17) is 18.9 Å². The third kappa shape index (κ3) is 6.78. The Morgan fingerprint density at radius 1 is 1.04 bits per heavy atom. The van der Waals surface area contributed by atoms with E-state index in [2.05, 4.69) is 5.32 Å². The maximum absolute atomic E-state index is 12.3. The average molecular weight is 387 g/mol. The molecule has 1 amide bonds. The van der Waals surface area contributed by atoms with E-state index in [1.54, 1.807) is 7.11 Å². The van der Waals surface area contributed by atoms with Gasteiger partial charge in [0, 0.05) is 13.7 Å². The highest BCUT2D eigenvalue weighted by Crippen LogP contribution is 2.29. The number of hydrogen-bond donors (Lipinski definition) is 1. The van der Waals surface area contributed by atoms with Crippen molar-refractivity contribution in [3.8, 4) is 17.2 Å². The van der Waals surface area contributed by atoms with Gasteiger partial charge in [-0.3, -0.25) is 4.79 Å². The highest BCUT2D eigenvalue weighted by Gasteiger charge is 2.18. The molecule has 0 aliphatic carbocycles. The molecular weight excluding hydrogens is 358 g/mol. The predicted molar refractivity (Wildman–Crippen MR) is 108 cm³/mol. The van der Waals surface area contributed by atoms with Crippen LogP contribution in [0.2, 0.25) is 0 Å². The Kier molecular flexibility index (Phi) is 8.62. The standard InChI is InChI=1S/C22H29NO5/c1-16(2)28-19-11-10-17(14-20(19)25-3)12-13-23-22(24)21(26-4)15-27-18-8-6-5-7-9-18/h5-11,14,16,21H,12-13,15H2,1-4H3,(H,23,24)/t21-/m1/s1. The Labute approximate surface area is 166 Å². The average Bonchev–Trinajstić information content (AvgIpc) is 2.70. The van der Waals surface area contributed by atoms with Crippen molar-refractivity contribution in [1.82, 2.24) is 5.32 Å². The zero-order valence-corrected chi connectivity index (χ0v) is 16.9. The van der Waals surface area contributed by atoms with Gasteiger partial charge in [0.1, 0.15) is 12.4 Å². The second-order valence-electron chi connectivity index (χ2n) is 6.54. The molecule has 2 aromatic rings. The molecule has 1 atom stereocenters. The van der Waals surface area contributed by atoms with Crippen LogP contribution in [-0.2, 0) is 16.0 Å². The molecule has 0 spiro atoms. The van der Waals surface area contributed by atoms with Crippen molar-refractivity contribution >= 4 is 5.91 Å². The normalized spacial score (nSPS) is 11.8. The summed E-state index contributed by atoms with van der Waals surface area (Å²) >= 11 is 0. The number of nitrogens with one attached hydrogen (secondary N) is 1. The number of para-hydroxylation sites is 1. The van der Waals surface area contributed by atoms with E-state index in [1.165, 1.54) is 7.11 Å². The first-order chi connectivity index (χ1) is 13.5. The molecule has 0 fully saturated rings. The first-order valence-corrected chi connectivity index (χ1v) is 9.35. The number of benzene rings is 2. The second kappa shape index (κ2) is 11.2. The van der Waals surface area contributed by atoms with Gasteiger partial charge in [-0.05, 0) is 50.1 Å². The molecule has 0 aliphatic rings. The number of amides is 1. The van der Waals surface area contributed by atoms with Crippen molar-refractivity contribution in [2.24, 2.45) is 0 Å². The summed E-state index contributed by atoms with van der Waals surface area (Å²) in [5.41, 5.74) is 1.04. The molecule has 0 saturated heterocycles. The molecule has 6 heteroatoms. The maximum atomic E-state index is 12.3. The highest BCUT2D eigenvalue weighted by atomic mass is 16.5. The van der Waals surface area contributed by atoms with Crippen molar-refractivity contribution < 1.29 is 23.7 Å². The molecule has 0 bridgehead atoms. The molecule has 1 N–H and O–H groups in total. The van der Waals surface area contributed by atoms with E-state index in [1.807, 2.05) is 62.4 Å². The van der Waals surface area contributed by atoms with E-state index in [0.717, 1.165) is 5.56 Å². The van der Waals surface area contributed by atoms with Crippen LogP contribution >= 0.6 is 0 Å². The first-order valence-electron chi connectivity index (χ1n) is 9.35. The van der Waals surface area contributed by atoms with Gasteiger partial charge >= 0.3 is 0 Å². The van der Waals surface area contributed by atoms with Gasteiger partial charge in [0.15, 0.2) is 17.6 Å². The third-order valence-electron chi connectivity index (χ3n) is 4.03. The lowest BCUT2D eigenvalue weighted by molar-refractivity contribution is -0.132. The number of methoxy groups -OCH3 is 2. The molecule has 152 valence electrons. The molecule has 2 aromatic carbocycles. The van der Waals surface area contributed by atoms with Crippen LogP contribution in [0.1, 0.15) is 19.4 Å². The van der Waals surface area contributed by atoms with E-state index in [-0.39, 0.29) is 18.6 Å². The van der Waals surface area contributed by atoms with Gasteiger partial charge in [0.05, 0.1) is 13.2 Å². The van der Waals surface area contributed by atoms with Crippen LogP contribution in [0, 0.1) is 0 Å². The zero-order valence-electron chi connectivity index (χ0n) is 16.9. The largest absolute Gasteiger partial charge is 0.493 e. The van der Waals surface area contributed by atoms with Crippen LogP contribution < -0.4 is 19.5 Å². The van der Waals surface area contributed by atoms with Crippen LogP contribution in [0.4, 0.5) is 0 Å². The Bertz CT molecular complexity index is 733. The van der Waals surface area contributed by atoms with Crippen LogP contribution in [0.15, 0.2) is 48.5 Å². The Morgan fingerprint density at radius 3 is 2.43 bits per heavy atom. The monoisotopic (exact) mass is 387 g/mol. The lowest BCUT2D eigenvalue weighted by atomic mass is 10.1. The van der Waals surface area contributed by atoms with Crippen molar-refractivity contribution in [3.05, 3.63) is 54.1 Å².